The zero-order valence-corrected chi connectivity index (χ0v) is 24.9. The van der Waals surface area contributed by atoms with Crippen molar-refractivity contribution in [1.82, 2.24) is 5.32 Å². The largest absolute Gasteiger partial charge is 0.407 e. The Morgan fingerprint density at radius 3 is 2.11 bits per heavy atom. The van der Waals surface area contributed by atoms with Crippen LogP contribution in [0.15, 0.2) is 60.7 Å². The summed E-state index contributed by atoms with van der Waals surface area (Å²) in [5.41, 5.74) is -0.00692. The van der Waals surface area contributed by atoms with Crippen molar-refractivity contribution in [2.75, 3.05) is 13.2 Å². The molecule has 0 heterocycles. The minimum Gasteiger partial charge on any atom is -0.407 e. The molecular formula is C32H49NO3Si. The molecule has 0 spiro atoms. The summed E-state index contributed by atoms with van der Waals surface area (Å²) < 4.78 is 7.46. The Bertz CT molecular complexity index is 935. The van der Waals surface area contributed by atoms with Crippen LogP contribution in [0.2, 0.25) is 5.04 Å². The molecule has 0 aliphatic heterocycles. The molecule has 2 aromatic rings. The monoisotopic (exact) mass is 523 g/mol. The third kappa shape index (κ3) is 6.93. The molecule has 1 fully saturated rings. The van der Waals surface area contributed by atoms with Crippen LogP contribution in [0, 0.1) is 17.3 Å². The molecule has 3 rings (SSSR count). The Hall–Kier alpha value is -1.95. The first-order valence-corrected chi connectivity index (χ1v) is 16.1. The zero-order valence-electron chi connectivity index (χ0n) is 23.9. The summed E-state index contributed by atoms with van der Waals surface area (Å²) >= 11 is 0. The summed E-state index contributed by atoms with van der Waals surface area (Å²) in [7, 11) is -2.65. The number of carbonyl (C=O) groups is 1. The smallest absolute Gasteiger partial charge is 0.261 e. The van der Waals surface area contributed by atoms with Crippen molar-refractivity contribution in [2.24, 2.45) is 17.3 Å². The predicted molar refractivity (Wildman–Crippen MR) is 157 cm³/mol. The number of hydrogen-bond acceptors (Lipinski definition) is 3. The highest BCUT2D eigenvalue weighted by molar-refractivity contribution is 6.99. The van der Waals surface area contributed by atoms with E-state index < -0.39 is 8.32 Å². The summed E-state index contributed by atoms with van der Waals surface area (Å²) in [5.74, 6) is 0.737. The second kappa shape index (κ2) is 12.7. The van der Waals surface area contributed by atoms with Crippen LogP contribution in [0.4, 0.5) is 0 Å². The Kier molecular flexibility index (Phi) is 10.2. The molecule has 5 heteroatoms. The first-order valence-electron chi connectivity index (χ1n) is 14.2. The van der Waals surface area contributed by atoms with Crippen molar-refractivity contribution >= 4 is 24.6 Å². The maximum atomic E-state index is 11.9. The van der Waals surface area contributed by atoms with E-state index in [2.05, 4.69) is 101 Å². The number of nitrogens with one attached hydrogen (secondary N) is 1. The van der Waals surface area contributed by atoms with Gasteiger partial charge in [-0.25, -0.2) is 0 Å². The van der Waals surface area contributed by atoms with Gasteiger partial charge in [0.05, 0.1) is 0 Å². The van der Waals surface area contributed by atoms with Crippen LogP contribution in [0.25, 0.3) is 0 Å². The molecule has 4 atom stereocenters. The fraction of sp³-hybridized carbons (Fsp3) is 0.594. The minimum atomic E-state index is -2.65. The molecule has 37 heavy (non-hydrogen) atoms. The molecule has 0 bridgehead atoms. The molecule has 1 aliphatic carbocycles. The number of benzene rings is 2. The number of aliphatic hydroxyl groups excluding tert-OH is 1. The van der Waals surface area contributed by atoms with Crippen LogP contribution in [-0.4, -0.2) is 38.6 Å². The van der Waals surface area contributed by atoms with Crippen LogP contribution in [0.3, 0.4) is 0 Å². The number of amides is 1. The van der Waals surface area contributed by atoms with E-state index in [-0.39, 0.29) is 29.0 Å². The Morgan fingerprint density at radius 1 is 1.11 bits per heavy atom. The Morgan fingerprint density at radius 2 is 1.68 bits per heavy atom. The number of aliphatic hydroxyl groups is 1. The number of hydrogen-bond donors (Lipinski definition) is 2. The topological polar surface area (TPSA) is 58.6 Å². The first kappa shape index (κ1) is 29.6. The molecule has 4 nitrogen and oxygen atoms in total. The lowest BCUT2D eigenvalue weighted by Gasteiger charge is -2.46. The van der Waals surface area contributed by atoms with E-state index in [0.717, 1.165) is 38.5 Å². The van der Waals surface area contributed by atoms with Crippen LogP contribution < -0.4 is 15.7 Å². The molecule has 204 valence electrons. The van der Waals surface area contributed by atoms with Gasteiger partial charge in [-0.3, -0.25) is 4.79 Å². The van der Waals surface area contributed by atoms with Gasteiger partial charge in [-0.05, 0) is 71.7 Å². The van der Waals surface area contributed by atoms with E-state index in [9.17, 15) is 9.90 Å². The van der Waals surface area contributed by atoms with Crippen molar-refractivity contribution in [3.63, 3.8) is 0 Å². The molecule has 1 saturated carbocycles. The standard InChI is InChI=1S/C32H49NO3Si/c1-7-14-28(25(2)33-26(3)35)22-32(20-19-27(21-32)23-34)24-36-37(31(4,5)6,29-15-10-8-11-16-29)30-17-12-9-13-18-30/h8-13,15-18,25,27-28,34H,7,14,19-24H2,1-6H3,(H,33,35). The zero-order chi connectivity index (χ0) is 27.1. The molecule has 4 unspecified atom stereocenters. The SMILES string of the molecule is CCCC(CC1(CO[Si](c2ccccc2)(c2ccccc2)C(C)(C)C)CCC(CO)C1)C(C)NC(C)=O. The van der Waals surface area contributed by atoms with Crippen molar-refractivity contribution < 1.29 is 14.3 Å². The molecule has 2 N–H and O–H groups in total. The van der Waals surface area contributed by atoms with E-state index in [1.54, 1.807) is 6.92 Å². The molecule has 0 radical (unpaired) electrons. The van der Waals surface area contributed by atoms with E-state index in [1.807, 2.05) is 0 Å². The maximum absolute atomic E-state index is 11.9. The van der Waals surface area contributed by atoms with Gasteiger partial charge in [0.25, 0.3) is 8.32 Å². The quantitative estimate of drug-likeness (QED) is 0.352. The lowest BCUT2D eigenvalue weighted by Crippen LogP contribution is -2.67. The average molecular weight is 524 g/mol. The highest BCUT2D eigenvalue weighted by Gasteiger charge is 2.52. The molecule has 0 aromatic heterocycles. The molecule has 2 aromatic carbocycles. The summed E-state index contributed by atoms with van der Waals surface area (Å²) in [6, 6.07) is 21.8. The molecule has 1 amide bonds. The van der Waals surface area contributed by atoms with Crippen LogP contribution in [0.5, 0.6) is 0 Å². The lowest BCUT2D eigenvalue weighted by molar-refractivity contribution is -0.120. The van der Waals surface area contributed by atoms with Gasteiger partial charge < -0.3 is 14.8 Å². The lowest BCUT2D eigenvalue weighted by atomic mass is 9.74. The fourth-order valence-corrected chi connectivity index (χ4v) is 11.5. The third-order valence-electron chi connectivity index (χ3n) is 8.57. The van der Waals surface area contributed by atoms with E-state index in [0.29, 0.717) is 18.4 Å². The van der Waals surface area contributed by atoms with E-state index in [1.165, 1.54) is 10.4 Å². The van der Waals surface area contributed by atoms with Crippen LogP contribution >= 0.6 is 0 Å². The highest BCUT2D eigenvalue weighted by atomic mass is 28.4. The number of carbonyl (C=O) groups excluding carboxylic acids is 1. The molecule has 0 saturated heterocycles. The Balaban J connectivity index is 2.03. The summed E-state index contributed by atoms with van der Waals surface area (Å²) in [4.78, 5) is 11.9. The Labute approximate surface area is 226 Å². The van der Waals surface area contributed by atoms with E-state index >= 15 is 0 Å². The van der Waals surface area contributed by atoms with Gasteiger partial charge in [0.15, 0.2) is 0 Å². The average Bonchev–Trinajstić information content (AvgIpc) is 3.27. The van der Waals surface area contributed by atoms with Crippen molar-refractivity contribution in [3.05, 3.63) is 60.7 Å². The summed E-state index contributed by atoms with van der Waals surface area (Å²) in [6.45, 7) is 13.9. The van der Waals surface area contributed by atoms with Gasteiger partial charge in [0, 0.05) is 26.2 Å². The van der Waals surface area contributed by atoms with Crippen molar-refractivity contribution in [1.29, 1.82) is 0 Å². The van der Waals surface area contributed by atoms with E-state index in [4.69, 9.17) is 4.43 Å². The second-order valence-corrected chi connectivity index (χ2v) is 16.8. The first-order chi connectivity index (χ1) is 17.6. The highest BCUT2D eigenvalue weighted by Crippen LogP contribution is 2.49. The van der Waals surface area contributed by atoms with Gasteiger partial charge in [-0.2, -0.15) is 0 Å². The van der Waals surface area contributed by atoms with Gasteiger partial charge >= 0.3 is 0 Å². The van der Waals surface area contributed by atoms with Crippen LogP contribution in [0.1, 0.15) is 80.1 Å². The normalized spacial score (nSPS) is 22.0. The number of rotatable bonds is 12. The minimum absolute atomic E-state index is 0.00692. The van der Waals surface area contributed by atoms with Gasteiger partial charge in [0.2, 0.25) is 5.91 Å². The van der Waals surface area contributed by atoms with Gasteiger partial charge in [0.1, 0.15) is 0 Å². The fourth-order valence-electron chi connectivity index (χ4n) is 6.78. The summed E-state index contributed by atoms with van der Waals surface area (Å²) in [5, 5.41) is 15.8. The van der Waals surface area contributed by atoms with Crippen molar-refractivity contribution in [3.8, 4) is 0 Å². The maximum Gasteiger partial charge on any atom is 0.261 e. The molecular weight excluding hydrogens is 474 g/mol. The van der Waals surface area contributed by atoms with Gasteiger partial charge in [-0.15, -0.1) is 0 Å². The second-order valence-electron chi connectivity index (χ2n) is 12.5. The molecule has 1 aliphatic rings. The third-order valence-corrected chi connectivity index (χ3v) is 13.5. The van der Waals surface area contributed by atoms with Gasteiger partial charge in [-0.1, -0.05) is 94.8 Å². The predicted octanol–water partition coefficient (Wildman–Crippen LogP) is 5.67. The summed E-state index contributed by atoms with van der Waals surface area (Å²) in [6.07, 6.45) is 6.25. The van der Waals surface area contributed by atoms with Crippen molar-refractivity contribution in [2.45, 2.75) is 91.1 Å². The van der Waals surface area contributed by atoms with Crippen LogP contribution in [-0.2, 0) is 9.22 Å².